The van der Waals surface area contributed by atoms with Gasteiger partial charge in [-0.25, -0.2) is 4.39 Å². The zero-order valence-electron chi connectivity index (χ0n) is 13.8. The fourth-order valence-corrected chi connectivity index (χ4v) is 3.54. The van der Waals surface area contributed by atoms with Gasteiger partial charge in [-0.05, 0) is 24.3 Å². The molecule has 2 saturated heterocycles. The van der Waals surface area contributed by atoms with Gasteiger partial charge >= 0.3 is 0 Å². The summed E-state index contributed by atoms with van der Waals surface area (Å²) in [5.74, 6) is -0.169. The van der Waals surface area contributed by atoms with Gasteiger partial charge in [-0.2, -0.15) is 15.0 Å². The van der Waals surface area contributed by atoms with Gasteiger partial charge in [-0.1, -0.05) is 0 Å². The maximum atomic E-state index is 13.0. The largest absolute Gasteiger partial charge is 0.369 e. The lowest BCUT2D eigenvalue weighted by Gasteiger charge is -2.48. The Morgan fingerprint density at radius 3 is 2.25 bits per heavy atom. The Bertz CT molecular complexity index is 630. The number of likely N-dealkylation sites (tertiary alicyclic amines) is 1. The second-order valence-corrected chi connectivity index (χ2v) is 6.54. The molecule has 128 valence electrons. The predicted octanol–water partition coefficient (Wildman–Crippen LogP) is 0.924. The van der Waals surface area contributed by atoms with Crippen molar-refractivity contribution in [2.75, 3.05) is 50.7 Å². The number of nitrogens with zero attached hydrogens (tertiary/aromatic N) is 6. The summed E-state index contributed by atoms with van der Waals surface area (Å²) in [6.07, 6.45) is 3.44. The molecule has 1 aromatic carbocycles. The molecular formula is C17H23FN6. The molecule has 2 fully saturated rings. The first-order valence-electron chi connectivity index (χ1n) is 8.59. The molecule has 0 radical (unpaired) electrons. The minimum atomic E-state index is -0.169. The van der Waals surface area contributed by atoms with Crippen molar-refractivity contribution in [1.29, 1.82) is 0 Å². The predicted molar refractivity (Wildman–Crippen MR) is 90.4 cm³/mol. The van der Waals surface area contributed by atoms with Crippen molar-refractivity contribution in [1.82, 2.24) is 24.8 Å². The summed E-state index contributed by atoms with van der Waals surface area (Å²) in [5.41, 5.74) is 1.12. The van der Waals surface area contributed by atoms with Gasteiger partial charge in [0.2, 0.25) is 0 Å². The van der Waals surface area contributed by atoms with Crippen LogP contribution >= 0.6 is 0 Å². The Morgan fingerprint density at radius 1 is 0.917 bits per heavy atom. The van der Waals surface area contributed by atoms with Crippen molar-refractivity contribution >= 4 is 5.69 Å². The van der Waals surface area contributed by atoms with E-state index in [0.29, 0.717) is 6.04 Å². The highest BCUT2D eigenvalue weighted by Gasteiger charge is 2.33. The third kappa shape index (κ3) is 3.42. The summed E-state index contributed by atoms with van der Waals surface area (Å²) in [5, 5.41) is 8.27. The Morgan fingerprint density at radius 2 is 1.58 bits per heavy atom. The first-order valence-corrected chi connectivity index (χ1v) is 8.59. The van der Waals surface area contributed by atoms with Crippen LogP contribution in [0.3, 0.4) is 0 Å². The Labute approximate surface area is 141 Å². The summed E-state index contributed by atoms with van der Waals surface area (Å²) >= 11 is 0. The molecule has 0 spiro atoms. The number of aromatic nitrogens is 3. The van der Waals surface area contributed by atoms with Crippen LogP contribution in [0, 0.1) is 5.82 Å². The van der Waals surface area contributed by atoms with Gasteiger partial charge in [0, 0.05) is 57.5 Å². The van der Waals surface area contributed by atoms with E-state index in [2.05, 4.69) is 24.9 Å². The third-order valence-electron chi connectivity index (χ3n) is 5.04. The highest BCUT2D eigenvalue weighted by molar-refractivity contribution is 5.46. The maximum Gasteiger partial charge on any atom is 0.123 e. The van der Waals surface area contributed by atoms with Gasteiger partial charge in [0.05, 0.1) is 18.9 Å². The molecule has 4 rings (SSSR count). The van der Waals surface area contributed by atoms with Gasteiger partial charge in [-0.3, -0.25) is 9.80 Å². The number of hydrogen-bond acceptors (Lipinski definition) is 5. The van der Waals surface area contributed by atoms with E-state index in [4.69, 9.17) is 0 Å². The topological polar surface area (TPSA) is 40.4 Å². The average molecular weight is 330 g/mol. The smallest absolute Gasteiger partial charge is 0.123 e. The van der Waals surface area contributed by atoms with E-state index in [9.17, 15) is 4.39 Å². The van der Waals surface area contributed by atoms with E-state index in [0.717, 1.165) is 58.0 Å². The zero-order chi connectivity index (χ0) is 16.4. The SMILES string of the molecule is Fc1ccc(N2CCN(C3CN(CCn4nccn4)C3)CC2)cc1. The normalized spacial score (nSPS) is 20.3. The summed E-state index contributed by atoms with van der Waals surface area (Å²) in [6, 6.07) is 7.50. The van der Waals surface area contributed by atoms with Crippen LogP contribution in [-0.2, 0) is 6.54 Å². The Balaban J connectivity index is 1.19. The first-order chi connectivity index (χ1) is 11.8. The summed E-state index contributed by atoms with van der Waals surface area (Å²) < 4.78 is 13.0. The monoisotopic (exact) mass is 330 g/mol. The van der Waals surface area contributed by atoms with Crippen LogP contribution in [-0.4, -0.2) is 76.6 Å². The second kappa shape index (κ2) is 6.86. The number of halogens is 1. The fourth-order valence-electron chi connectivity index (χ4n) is 3.54. The number of benzene rings is 1. The molecule has 0 amide bonds. The van der Waals surface area contributed by atoms with Crippen molar-refractivity contribution in [3.63, 3.8) is 0 Å². The van der Waals surface area contributed by atoms with E-state index < -0.39 is 0 Å². The molecule has 6 nitrogen and oxygen atoms in total. The molecule has 0 unspecified atom stereocenters. The molecule has 24 heavy (non-hydrogen) atoms. The van der Waals surface area contributed by atoms with Gasteiger partial charge in [0.25, 0.3) is 0 Å². The Hall–Kier alpha value is -1.99. The molecule has 1 aromatic heterocycles. The first kappa shape index (κ1) is 15.5. The summed E-state index contributed by atoms with van der Waals surface area (Å²) in [6.45, 7) is 8.33. The minimum Gasteiger partial charge on any atom is -0.369 e. The second-order valence-electron chi connectivity index (χ2n) is 6.54. The molecule has 0 N–H and O–H groups in total. The average Bonchev–Trinajstić information content (AvgIpc) is 3.08. The van der Waals surface area contributed by atoms with E-state index in [1.807, 2.05) is 12.1 Å². The third-order valence-corrected chi connectivity index (χ3v) is 5.04. The molecule has 2 aromatic rings. The molecular weight excluding hydrogens is 307 g/mol. The lowest BCUT2D eigenvalue weighted by molar-refractivity contribution is 0.0275. The molecule has 0 saturated carbocycles. The van der Waals surface area contributed by atoms with E-state index in [-0.39, 0.29) is 5.82 Å². The lowest BCUT2D eigenvalue weighted by atomic mass is 10.1. The van der Waals surface area contributed by atoms with Crippen molar-refractivity contribution in [3.05, 3.63) is 42.5 Å². The number of anilines is 1. The van der Waals surface area contributed by atoms with Crippen LogP contribution in [0.25, 0.3) is 0 Å². The zero-order valence-corrected chi connectivity index (χ0v) is 13.8. The summed E-state index contributed by atoms with van der Waals surface area (Å²) in [7, 11) is 0. The van der Waals surface area contributed by atoms with Crippen LogP contribution in [0.4, 0.5) is 10.1 Å². The fraction of sp³-hybridized carbons (Fsp3) is 0.529. The van der Waals surface area contributed by atoms with Crippen molar-refractivity contribution in [2.45, 2.75) is 12.6 Å². The van der Waals surface area contributed by atoms with Crippen LogP contribution < -0.4 is 4.90 Å². The van der Waals surface area contributed by atoms with E-state index in [1.54, 1.807) is 29.3 Å². The summed E-state index contributed by atoms with van der Waals surface area (Å²) in [4.78, 5) is 9.13. The van der Waals surface area contributed by atoms with E-state index in [1.165, 1.54) is 0 Å². The van der Waals surface area contributed by atoms with Crippen molar-refractivity contribution in [2.24, 2.45) is 0 Å². The molecule has 2 aliphatic heterocycles. The molecule has 0 aliphatic carbocycles. The molecule has 7 heteroatoms. The van der Waals surface area contributed by atoms with Crippen molar-refractivity contribution < 1.29 is 4.39 Å². The maximum absolute atomic E-state index is 13.0. The minimum absolute atomic E-state index is 0.169. The molecule has 2 aliphatic rings. The van der Waals surface area contributed by atoms with Gasteiger partial charge in [0.1, 0.15) is 5.82 Å². The van der Waals surface area contributed by atoms with Crippen LogP contribution in [0.15, 0.2) is 36.7 Å². The van der Waals surface area contributed by atoms with Crippen LogP contribution in [0.1, 0.15) is 0 Å². The molecule has 0 atom stereocenters. The van der Waals surface area contributed by atoms with E-state index >= 15 is 0 Å². The number of piperazine rings is 1. The Kier molecular flexibility index (Phi) is 4.44. The highest BCUT2D eigenvalue weighted by Crippen LogP contribution is 2.20. The van der Waals surface area contributed by atoms with Gasteiger partial charge in [0.15, 0.2) is 0 Å². The van der Waals surface area contributed by atoms with Crippen LogP contribution in [0.2, 0.25) is 0 Å². The van der Waals surface area contributed by atoms with Gasteiger partial charge in [-0.15, -0.1) is 0 Å². The quantitative estimate of drug-likeness (QED) is 0.815. The molecule has 3 heterocycles. The molecule has 0 bridgehead atoms. The van der Waals surface area contributed by atoms with Gasteiger partial charge < -0.3 is 4.90 Å². The highest BCUT2D eigenvalue weighted by atomic mass is 19.1. The number of hydrogen-bond donors (Lipinski definition) is 0. The van der Waals surface area contributed by atoms with Crippen molar-refractivity contribution in [3.8, 4) is 0 Å². The standard InChI is InChI=1S/C17H23FN6/c18-15-1-3-16(4-2-15)22-8-10-23(11-9-22)17-13-21(14-17)7-12-24-19-5-6-20-24/h1-6,17H,7-14H2. The lowest BCUT2D eigenvalue weighted by Crippen LogP contribution is -2.63. The number of rotatable bonds is 5. The van der Waals surface area contributed by atoms with Crippen LogP contribution in [0.5, 0.6) is 0 Å².